The Morgan fingerprint density at radius 1 is 1.31 bits per heavy atom. The molecule has 29 heavy (non-hydrogen) atoms. The Balaban J connectivity index is 1.69. The van der Waals surface area contributed by atoms with Gasteiger partial charge in [-0.2, -0.15) is 0 Å². The molecule has 0 spiro atoms. The molecule has 7 nitrogen and oxygen atoms in total. The second kappa shape index (κ2) is 7.59. The maximum Gasteiger partial charge on any atom is 0.342 e. The predicted molar refractivity (Wildman–Crippen MR) is 106 cm³/mol. The predicted octanol–water partition coefficient (Wildman–Crippen LogP) is 3.79. The number of aromatic nitrogens is 3. The van der Waals surface area contributed by atoms with Gasteiger partial charge in [0.05, 0.1) is 18.8 Å². The molecule has 0 saturated heterocycles. The Hall–Kier alpha value is -3.33. The monoisotopic (exact) mass is 413 g/mol. The molecule has 9 heteroatoms. The number of carbonyl (C=O) groups is 1. The van der Waals surface area contributed by atoms with Crippen molar-refractivity contribution in [3.8, 4) is 10.6 Å². The average Bonchev–Trinajstić information content (AvgIpc) is 3.29. The maximum absolute atomic E-state index is 13.1. The van der Waals surface area contributed by atoms with Crippen LogP contribution in [0.3, 0.4) is 0 Å². The summed E-state index contributed by atoms with van der Waals surface area (Å²) in [6.45, 7) is 3.64. The fourth-order valence-corrected chi connectivity index (χ4v) is 3.80. The summed E-state index contributed by atoms with van der Waals surface area (Å²) in [5.41, 5.74) is 1.22. The van der Waals surface area contributed by atoms with E-state index < -0.39 is 11.5 Å². The van der Waals surface area contributed by atoms with Gasteiger partial charge >= 0.3 is 5.97 Å². The van der Waals surface area contributed by atoms with Gasteiger partial charge in [0.15, 0.2) is 0 Å². The van der Waals surface area contributed by atoms with Gasteiger partial charge in [-0.25, -0.2) is 19.2 Å². The molecule has 3 aromatic heterocycles. The van der Waals surface area contributed by atoms with Crippen LogP contribution in [0.5, 0.6) is 0 Å². The largest absolute Gasteiger partial charge is 0.462 e. The second-order valence-electron chi connectivity index (χ2n) is 6.26. The summed E-state index contributed by atoms with van der Waals surface area (Å²) in [7, 11) is 0. The van der Waals surface area contributed by atoms with Gasteiger partial charge in [-0.15, -0.1) is 11.3 Å². The molecule has 0 amide bonds. The lowest BCUT2D eigenvalue weighted by Crippen LogP contribution is -2.22. The van der Waals surface area contributed by atoms with E-state index in [9.17, 15) is 14.0 Å². The van der Waals surface area contributed by atoms with Crippen LogP contribution in [0.15, 0.2) is 45.2 Å². The van der Waals surface area contributed by atoms with Crippen LogP contribution < -0.4 is 5.56 Å². The highest BCUT2D eigenvalue weighted by Gasteiger charge is 2.24. The van der Waals surface area contributed by atoms with E-state index in [0.29, 0.717) is 10.7 Å². The minimum absolute atomic E-state index is 0.0945. The summed E-state index contributed by atoms with van der Waals surface area (Å²) in [4.78, 5) is 33.9. The standard InChI is InChI=1S/C20H16FN3O4S/c1-3-27-20(26)15-11(2)28-17-16(15)19(25)24(10-22-17)8-14-9-29-18(23-14)12-4-6-13(21)7-5-12/h4-7,9-10H,3,8H2,1-2H3. The van der Waals surface area contributed by atoms with Crippen molar-refractivity contribution in [1.29, 1.82) is 0 Å². The summed E-state index contributed by atoms with van der Waals surface area (Å²) in [5.74, 6) is -0.648. The summed E-state index contributed by atoms with van der Waals surface area (Å²) in [6, 6.07) is 6.04. The van der Waals surface area contributed by atoms with Crippen molar-refractivity contribution in [3.05, 3.63) is 69.2 Å². The summed E-state index contributed by atoms with van der Waals surface area (Å²) >= 11 is 1.39. The van der Waals surface area contributed by atoms with Crippen molar-refractivity contribution in [2.24, 2.45) is 0 Å². The van der Waals surface area contributed by atoms with Crippen molar-refractivity contribution in [3.63, 3.8) is 0 Å². The number of halogens is 1. The van der Waals surface area contributed by atoms with Gasteiger partial charge in [0, 0.05) is 10.9 Å². The maximum atomic E-state index is 13.1. The minimum atomic E-state index is -0.618. The van der Waals surface area contributed by atoms with E-state index in [1.165, 1.54) is 34.4 Å². The Kier molecular flexibility index (Phi) is 4.98. The lowest BCUT2D eigenvalue weighted by atomic mass is 10.2. The molecule has 0 unspecified atom stereocenters. The first kappa shape index (κ1) is 19.0. The van der Waals surface area contributed by atoms with E-state index in [1.807, 2.05) is 5.38 Å². The van der Waals surface area contributed by atoms with Crippen LogP contribution in [-0.4, -0.2) is 27.1 Å². The first-order chi connectivity index (χ1) is 14.0. The molecule has 3 heterocycles. The SMILES string of the molecule is CCOC(=O)c1c(C)oc2ncn(Cc3csc(-c4ccc(F)cc4)n3)c(=O)c12. The highest BCUT2D eigenvalue weighted by Crippen LogP contribution is 2.25. The van der Waals surface area contributed by atoms with Crippen LogP contribution >= 0.6 is 11.3 Å². The zero-order valence-corrected chi connectivity index (χ0v) is 16.5. The first-order valence-corrected chi connectivity index (χ1v) is 9.72. The lowest BCUT2D eigenvalue weighted by molar-refractivity contribution is 0.0526. The average molecular weight is 413 g/mol. The Labute approximate surface area is 168 Å². The quantitative estimate of drug-likeness (QED) is 0.463. The second-order valence-corrected chi connectivity index (χ2v) is 7.12. The smallest absolute Gasteiger partial charge is 0.342 e. The van der Waals surface area contributed by atoms with E-state index in [0.717, 1.165) is 5.56 Å². The van der Waals surface area contributed by atoms with Crippen molar-refractivity contribution in [1.82, 2.24) is 14.5 Å². The molecule has 0 aliphatic rings. The number of fused-ring (bicyclic) bond motifs is 1. The molecule has 4 rings (SSSR count). The zero-order valence-electron chi connectivity index (χ0n) is 15.6. The van der Waals surface area contributed by atoms with Gasteiger partial charge in [-0.3, -0.25) is 9.36 Å². The molecule has 1 aromatic carbocycles. The molecule has 0 bridgehead atoms. The molecule has 0 atom stereocenters. The van der Waals surface area contributed by atoms with Crippen LogP contribution in [0, 0.1) is 12.7 Å². The third kappa shape index (κ3) is 3.56. The molecule has 148 valence electrons. The van der Waals surface area contributed by atoms with E-state index in [4.69, 9.17) is 9.15 Å². The number of hydrogen-bond acceptors (Lipinski definition) is 7. The van der Waals surface area contributed by atoms with Crippen LogP contribution in [0.4, 0.5) is 4.39 Å². The number of rotatable bonds is 5. The zero-order chi connectivity index (χ0) is 20.5. The number of furan rings is 1. The molecule has 0 fully saturated rings. The number of benzene rings is 1. The third-order valence-corrected chi connectivity index (χ3v) is 5.25. The third-order valence-electron chi connectivity index (χ3n) is 4.31. The number of nitrogens with zero attached hydrogens (tertiary/aromatic N) is 3. The van der Waals surface area contributed by atoms with E-state index in [1.54, 1.807) is 26.0 Å². The molecule has 0 aliphatic carbocycles. The van der Waals surface area contributed by atoms with Gasteiger partial charge in [0.1, 0.15) is 33.9 Å². The van der Waals surface area contributed by atoms with Gasteiger partial charge in [-0.05, 0) is 38.1 Å². The van der Waals surface area contributed by atoms with E-state index >= 15 is 0 Å². The molecular weight excluding hydrogens is 397 g/mol. The topological polar surface area (TPSA) is 87.2 Å². The van der Waals surface area contributed by atoms with Gasteiger partial charge in [0.25, 0.3) is 5.56 Å². The van der Waals surface area contributed by atoms with E-state index in [2.05, 4.69) is 9.97 Å². The Bertz CT molecular complexity index is 1260. The molecule has 0 radical (unpaired) electrons. The molecule has 0 aliphatic heterocycles. The Morgan fingerprint density at radius 3 is 2.79 bits per heavy atom. The highest BCUT2D eigenvalue weighted by atomic mass is 32.1. The van der Waals surface area contributed by atoms with Crippen molar-refractivity contribution < 1.29 is 18.3 Å². The van der Waals surface area contributed by atoms with Gasteiger partial charge < -0.3 is 9.15 Å². The molecule has 4 aromatic rings. The number of thiazole rings is 1. The lowest BCUT2D eigenvalue weighted by Gasteiger charge is -2.04. The van der Waals surface area contributed by atoms with Crippen LogP contribution in [0.2, 0.25) is 0 Å². The number of aryl methyl sites for hydroxylation is 1. The Morgan fingerprint density at radius 2 is 2.07 bits per heavy atom. The van der Waals surface area contributed by atoms with Crippen molar-refractivity contribution >= 4 is 28.4 Å². The first-order valence-electron chi connectivity index (χ1n) is 8.84. The minimum Gasteiger partial charge on any atom is -0.462 e. The van der Waals surface area contributed by atoms with Crippen LogP contribution in [-0.2, 0) is 11.3 Å². The van der Waals surface area contributed by atoms with Crippen molar-refractivity contribution in [2.45, 2.75) is 20.4 Å². The highest BCUT2D eigenvalue weighted by molar-refractivity contribution is 7.13. The summed E-state index contributed by atoms with van der Waals surface area (Å²) in [6.07, 6.45) is 1.36. The van der Waals surface area contributed by atoms with Gasteiger partial charge in [-0.1, -0.05) is 0 Å². The number of esters is 1. The molecule has 0 N–H and O–H groups in total. The van der Waals surface area contributed by atoms with E-state index in [-0.39, 0.29) is 41.4 Å². The fourth-order valence-electron chi connectivity index (χ4n) is 2.98. The number of carbonyl (C=O) groups excluding carboxylic acids is 1. The molecule has 0 saturated carbocycles. The normalized spacial score (nSPS) is 11.1. The fraction of sp³-hybridized carbons (Fsp3) is 0.200. The van der Waals surface area contributed by atoms with Crippen LogP contribution in [0.1, 0.15) is 28.7 Å². The number of ether oxygens (including phenoxy) is 1. The van der Waals surface area contributed by atoms with Crippen molar-refractivity contribution in [2.75, 3.05) is 6.61 Å². The molecular formula is C20H16FN3O4S. The summed E-state index contributed by atoms with van der Waals surface area (Å²) in [5, 5.41) is 2.63. The summed E-state index contributed by atoms with van der Waals surface area (Å²) < 4.78 is 25.0. The van der Waals surface area contributed by atoms with Crippen LogP contribution in [0.25, 0.3) is 21.7 Å². The van der Waals surface area contributed by atoms with Gasteiger partial charge in [0.2, 0.25) is 5.71 Å². The number of hydrogen-bond donors (Lipinski definition) is 0.